The molecule has 3 fully saturated rings. The zero-order valence-electron chi connectivity index (χ0n) is 14.5. The highest BCUT2D eigenvalue weighted by Gasteiger charge is 2.35. The van der Waals surface area contributed by atoms with Crippen LogP contribution in [-0.4, -0.2) is 46.0 Å². The van der Waals surface area contributed by atoms with E-state index in [4.69, 9.17) is 0 Å². The van der Waals surface area contributed by atoms with Gasteiger partial charge in [-0.2, -0.15) is 0 Å². The quantitative estimate of drug-likeness (QED) is 0.907. The summed E-state index contributed by atoms with van der Waals surface area (Å²) in [6.45, 7) is 7.12. The molecular weight excluding hydrogens is 336 g/mol. The van der Waals surface area contributed by atoms with Gasteiger partial charge < -0.3 is 10.2 Å². The zero-order valence-corrected chi connectivity index (χ0v) is 15.3. The number of fused-ring (bicyclic) bond motifs is 3. The van der Waals surface area contributed by atoms with Crippen molar-refractivity contribution in [1.29, 1.82) is 0 Å². The Bertz CT molecular complexity index is 845. The zero-order chi connectivity index (χ0) is 17.6. The number of piperidine rings is 3. The van der Waals surface area contributed by atoms with Gasteiger partial charge in [-0.15, -0.1) is 11.3 Å². The number of aromatic nitrogens is 2. The van der Waals surface area contributed by atoms with Crippen molar-refractivity contribution in [2.45, 2.75) is 32.7 Å². The topological polar surface area (TPSA) is 67.2 Å². The van der Waals surface area contributed by atoms with Crippen LogP contribution in [0.25, 0.3) is 5.13 Å². The fourth-order valence-corrected chi connectivity index (χ4v) is 4.60. The number of hydrogen-bond donors (Lipinski definition) is 1. The summed E-state index contributed by atoms with van der Waals surface area (Å²) < 4.78 is 1.47. The van der Waals surface area contributed by atoms with E-state index in [1.807, 2.05) is 13.8 Å². The molecule has 2 aromatic rings. The highest BCUT2D eigenvalue weighted by molar-refractivity contribution is 7.14. The predicted octanol–water partition coefficient (Wildman–Crippen LogP) is 1.73. The maximum absolute atomic E-state index is 12.7. The third kappa shape index (κ3) is 3.14. The molecule has 0 saturated carbocycles. The van der Waals surface area contributed by atoms with E-state index in [0.717, 1.165) is 43.0 Å². The lowest BCUT2D eigenvalue weighted by Crippen LogP contribution is -2.57. The smallest absolute Gasteiger partial charge is 0.256 e. The summed E-state index contributed by atoms with van der Waals surface area (Å²) >= 11 is 1.46. The monoisotopic (exact) mass is 358 g/mol. The molecule has 1 amide bonds. The third-order valence-electron chi connectivity index (χ3n) is 5.37. The Morgan fingerprint density at radius 3 is 2.64 bits per heavy atom. The number of rotatable bonds is 3. The van der Waals surface area contributed by atoms with Crippen LogP contribution >= 0.6 is 11.3 Å². The maximum atomic E-state index is 12.7. The van der Waals surface area contributed by atoms with Crippen LogP contribution in [0.1, 0.15) is 33.8 Å². The molecule has 0 radical (unpaired) electrons. The van der Waals surface area contributed by atoms with Crippen molar-refractivity contribution < 1.29 is 4.79 Å². The van der Waals surface area contributed by atoms with Gasteiger partial charge >= 0.3 is 0 Å². The molecule has 0 aliphatic carbocycles. The number of nitrogens with zero attached hydrogens (tertiary/aromatic N) is 3. The second-order valence-electron chi connectivity index (χ2n) is 6.98. The fraction of sp³-hybridized carbons (Fsp3) is 0.500. The summed E-state index contributed by atoms with van der Waals surface area (Å²) in [4.78, 5) is 32.8. The molecule has 25 heavy (non-hydrogen) atoms. The lowest BCUT2D eigenvalue weighted by Gasteiger charge is -2.44. The number of aryl methyl sites for hydroxylation is 2. The number of nitrogens with one attached hydrogen (secondary N) is 1. The first-order valence-corrected chi connectivity index (χ1v) is 9.53. The molecular formula is C18H22N4O2S. The molecule has 3 saturated heterocycles. The number of pyridine rings is 1. The van der Waals surface area contributed by atoms with Gasteiger partial charge in [-0.3, -0.25) is 14.2 Å². The van der Waals surface area contributed by atoms with Gasteiger partial charge in [0.25, 0.3) is 11.5 Å². The van der Waals surface area contributed by atoms with Gasteiger partial charge in [0, 0.05) is 29.7 Å². The molecule has 5 rings (SSSR count). The second kappa shape index (κ2) is 6.38. The van der Waals surface area contributed by atoms with E-state index in [-0.39, 0.29) is 17.5 Å². The van der Waals surface area contributed by atoms with Crippen LogP contribution in [-0.2, 0) is 0 Å². The highest BCUT2D eigenvalue weighted by atomic mass is 32.1. The number of carbonyl (C=O) groups is 1. The average molecular weight is 358 g/mol. The molecule has 0 spiro atoms. The van der Waals surface area contributed by atoms with Crippen molar-refractivity contribution in [3.63, 3.8) is 0 Å². The number of carbonyl (C=O) groups excluding carboxylic acids is 1. The van der Waals surface area contributed by atoms with E-state index in [0.29, 0.717) is 16.6 Å². The SMILES string of the molecule is Cc1nc(-n2cc(C(=O)NC3CN4CCC3CC4)ccc2=O)sc1C. The van der Waals surface area contributed by atoms with Crippen LogP contribution in [0.5, 0.6) is 0 Å². The average Bonchev–Trinajstić information content (AvgIpc) is 2.95. The molecule has 132 valence electrons. The Labute approximate surface area is 150 Å². The number of thiazole rings is 1. The molecule has 5 heterocycles. The van der Waals surface area contributed by atoms with Crippen LogP contribution in [0.4, 0.5) is 0 Å². The van der Waals surface area contributed by atoms with E-state index in [1.165, 1.54) is 22.0 Å². The van der Waals surface area contributed by atoms with Crippen molar-refractivity contribution in [1.82, 2.24) is 19.8 Å². The van der Waals surface area contributed by atoms with Crippen LogP contribution in [0.15, 0.2) is 23.1 Å². The Balaban J connectivity index is 1.57. The van der Waals surface area contributed by atoms with Gasteiger partial charge in [-0.05, 0) is 51.8 Å². The van der Waals surface area contributed by atoms with Gasteiger partial charge in [-0.25, -0.2) is 4.98 Å². The fourth-order valence-electron chi connectivity index (χ4n) is 3.71. The van der Waals surface area contributed by atoms with E-state index in [1.54, 1.807) is 12.3 Å². The first-order valence-electron chi connectivity index (χ1n) is 8.71. The predicted molar refractivity (Wildman–Crippen MR) is 97.6 cm³/mol. The molecule has 3 aliphatic rings. The van der Waals surface area contributed by atoms with Gasteiger partial charge in [0.1, 0.15) is 0 Å². The third-order valence-corrected chi connectivity index (χ3v) is 6.44. The standard InChI is InChI=1S/C18H22N4O2S/c1-11-12(2)25-18(19-11)22-9-14(3-4-16(22)23)17(24)20-15-10-21-7-5-13(15)6-8-21/h3-4,9,13,15H,5-8,10H2,1-2H3,(H,20,24). The van der Waals surface area contributed by atoms with E-state index < -0.39 is 0 Å². The molecule has 1 N–H and O–H groups in total. The van der Waals surface area contributed by atoms with Gasteiger partial charge in [0.05, 0.1) is 11.3 Å². The lowest BCUT2D eigenvalue weighted by atomic mass is 9.84. The van der Waals surface area contributed by atoms with E-state index in [9.17, 15) is 9.59 Å². The molecule has 1 unspecified atom stereocenters. The molecule has 7 heteroatoms. The lowest BCUT2D eigenvalue weighted by molar-refractivity contribution is 0.0620. The first-order chi connectivity index (χ1) is 12.0. The minimum Gasteiger partial charge on any atom is -0.348 e. The van der Waals surface area contributed by atoms with Gasteiger partial charge in [0.2, 0.25) is 0 Å². The normalized spacial score (nSPS) is 25.1. The minimum absolute atomic E-state index is 0.113. The van der Waals surface area contributed by atoms with E-state index in [2.05, 4.69) is 15.2 Å². The minimum atomic E-state index is -0.173. The van der Waals surface area contributed by atoms with Crippen LogP contribution in [0, 0.1) is 19.8 Å². The van der Waals surface area contributed by atoms with Crippen molar-refractivity contribution in [2.75, 3.05) is 19.6 Å². The number of amides is 1. The summed E-state index contributed by atoms with van der Waals surface area (Å²) in [6.07, 6.45) is 3.92. The summed E-state index contributed by atoms with van der Waals surface area (Å²) in [5.74, 6) is 0.460. The first kappa shape index (κ1) is 16.5. The Morgan fingerprint density at radius 2 is 2.04 bits per heavy atom. The van der Waals surface area contributed by atoms with Crippen molar-refractivity contribution in [2.24, 2.45) is 5.92 Å². The highest BCUT2D eigenvalue weighted by Crippen LogP contribution is 2.27. The van der Waals surface area contributed by atoms with Crippen molar-refractivity contribution in [3.8, 4) is 5.13 Å². The summed E-state index contributed by atoms with van der Waals surface area (Å²) in [5.41, 5.74) is 1.24. The number of hydrogen-bond acceptors (Lipinski definition) is 5. The molecule has 0 aromatic carbocycles. The maximum Gasteiger partial charge on any atom is 0.256 e. The summed E-state index contributed by atoms with van der Waals surface area (Å²) in [5, 5.41) is 3.78. The molecule has 3 aliphatic heterocycles. The summed E-state index contributed by atoms with van der Waals surface area (Å²) in [7, 11) is 0. The van der Waals surface area contributed by atoms with Crippen LogP contribution in [0.2, 0.25) is 0 Å². The van der Waals surface area contributed by atoms with Crippen LogP contribution < -0.4 is 10.9 Å². The van der Waals surface area contributed by atoms with Crippen LogP contribution in [0.3, 0.4) is 0 Å². The molecule has 2 bridgehead atoms. The largest absolute Gasteiger partial charge is 0.348 e. The van der Waals surface area contributed by atoms with Gasteiger partial charge in [0.15, 0.2) is 5.13 Å². The summed E-state index contributed by atoms with van der Waals surface area (Å²) in [6, 6.07) is 3.25. The molecule has 1 atom stereocenters. The molecule has 2 aromatic heterocycles. The molecule has 6 nitrogen and oxygen atoms in total. The Kier molecular flexibility index (Phi) is 4.21. The van der Waals surface area contributed by atoms with Gasteiger partial charge in [-0.1, -0.05) is 0 Å². The van der Waals surface area contributed by atoms with Crippen molar-refractivity contribution >= 4 is 17.2 Å². The van der Waals surface area contributed by atoms with E-state index >= 15 is 0 Å². The second-order valence-corrected chi connectivity index (χ2v) is 8.16. The Hall–Kier alpha value is -1.99. The van der Waals surface area contributed by atoms with Crippen molar-refractivity contribution in [3.05, 3.63) is 44.8 Å². The Morgan fingerprint density at radius 1 is 1.28 bits per heavy atom.